The van der Waals surface area contributed by atoms with Crippen molar-refractivity contribution in [3.05, 3.63) is 55.7 Å². The van der Waals surface area contributed by atoms with Gasteiger partial charge >= 0.3 is 12.1 Å². The van der Waals surface area contributed by atoms with E-state index in [1.165, 1.54) is 12.1 Å². The summed E-state index contributed by atoms with van der Waals surface area (Å²) in [5.41, 5.74) is 1.15. The van der Waals surface area contributed by atoms with Gasteiger partial charge in [0.2, 0.25) is 0 Å². The third kappa shape index (κ3) is 2.45. The lowest BCUT2D eigenvalue weighted by Crippen LogP contribution is -2.42. The molecule has 1 amide bonds. The predicted molar refractivity (Wildman–Crippen MR) is 92.6 cm³/mol. The first-order valence-corrected chi connectivity index (χ1v) is 8.70. The number of hydrogen-bond donors (Lipinski definition) is 1. The predicted octanol–water partition coefficient (Wildman–Crippen LogP) is 2.17. The fraction of sp³-hybridized carbons (Fsp3) is 0.235. The minimum Gasteiger partial charge on any atom is -0.464 e. The zero-order chi connectivity index (χ0) is 18.6. The van der Waals surface area contributed by atoms with Gasteiger partial charge in [0.1, 0.15) is 19.0 Å². The largest absolute Gasteiger partial charge is 0.464 e. The van der Waals surface area contributed by atoms with Crippen LogP contribution in [0.2, 0.25) is 0 Å². The molecule has 4 rings (SSSR count). The molecule has 0 saturated heterocycles. The van der Waals surface area contributed by atoms with Gasteiger partial charge in [0, 0.05) is 15.1 Å². The lowest BCUT2D eigenvalue weighted by Gasteiger charge is -2.36. The van der Waals surface area contributed by atoms with Crippen LogP contribution < -0.4 is 0 Å². The number of cyclic esters (lactones) is 1. The van der Waals surface area contributed by atoms with E-state index in [0.29, 0.717) is 9.13 Å². The van der Waals surface area contributed by atoms with Crippen molar-refractivity contribution >= 4 is 40.4 Å². The average Bonchev–Trinajstić information content (AvgIpc) is 2.97. The first-order valence-electron chi connectivity index (χ1n) is 7.62. The monoisotopic (exact) mass is 471 g/mol. The zero-order valence-corrected chi connectivity index (χ0v) is 15.3. The Kier molecular flexibility index (Phi) is 4.07. The Balaban J connectivity index is 1.99. The summed E-state index contributed by atoms with van der Waals surface area (Å²) in [4.78, 5) is 37.6. The van der Waals surface area contributed by atoms with E-state index in [4.69, 9.17) is 9.47 Å². The fourth-order valence-electron chi connectivity index (χ4n) is 3.51. The second-order valence-electron chi connectivity index (χ2n) is 5.94. The molecule has 0 unspecified atom stereocenters. The number of halogens is 2. The van der Waals surface area contributed by atoms with Crippen molar-refractivity contribution in [2.24, 2.45) is 0 Å². The Hall–Kier alpha value is -2.27. The summed E-state index contributed by atoms with van der Waals surface area (Å²) in [7, 11) is 0. The SMILES string of the molecule is O=C1COCC2=C1[C@H](c1ccc(F)c(I)c1)C1=C(COC1=O)N2C(=O)O. The Bertz CT molecular complexity index is 937. The van der Waals surface area contributed by atoms with Crippen molar-refractivity contribution in [2.45, 2.75) is 5.92 Å². The average molecular weight is 471 g/mol. The van der Waals surface area contributed by atoms with Crippen LogP contribution in [-0.2, 0) is 19.1 Å². The topological polar surface area (TPSA) is 93.1 Å². The molecule has 0 radical (unpaired) electrons. The highest BCUT2D eigenvalue weighted by Crippen LogP contribution is 2.46. The number of carbonyl (C=O) groups is 3. The van der Waals surface area contributed by atoms with Gasteiger partial charge in [-0.2, -0.15) is 0 Å². The standard InChI is InChI=1S/C17H11FINO6/c18-8-2-1-7(3-9(8)19)13-14-10(4-25-6-12(14)21)20(17(23)24)11-5-26-16(22)15(11)13/h1-3,13H,4-6H2,(H,23,24)/t13-/m0/s1. The van der Waals surface area contributed by atoms with E-state index in [2.05, 4.69) is 0 Å². The summed E-state index contributed by atoms with van der Waals surface area (Å²) in [6, 6.07) is 4.29. The van der Waals surface area contributed by atoms with Crippen LogP contribution in [0.25, 0.3) is 0 Å². The zero-order valence-electron chi connectivity index (χ0n) is 13.1. The Morgan fingerprint density at radius 1 is 1.19 bits per heavy atom. The molecule has 0 spiro atoms. The van der Waals surface area contributed by atoms with E-state index in [0.717, 1.165) is 4.90 Å². The summed E-state index contributed by atoms with van der Waals surface area (Å²) >= 11 is 1.82. The number of nitrogens with zero attached hydrogens (tertiary/aromatic N) is 1. The van der Waals surface area contributed by atoms with Crippen LogP contribution >= 0.6 is 22.6 Å². The molecule has 3 heterocycles. The Morgan fingerprint density at radius 2 is 1.92 bits per heavy atom. The number of amides is 1. The van der Waals surface area contributed by atoms with Crippen molar-refractivity contribution in [1.29, 1.82) is 0 Å². The van der Waals surface area contributed by atoms with Crippen LogP contribution in [-0.4, -0.2) is 47.7 Å². The van der Waals surface area contributed by atoms with E-state index >= 15 is 0 Å². The number of rotatable bonds is 1. The summed E-state index contributed by atoms with van der Waals surface area (Å²) < 4.78 is 24.3. The van der Waals surface area contributed by atoms with Crippen LogP contribution in [0.4, 0.5) is 9.18 Å². The van der Waals surface area contributed by atoms with Gasteiger partial charge in [0.15, 0.2) is 5.78 Å². The quantitative estimate of drug-likeness (QED) is 0.499. The van der Waals surface area contributed by atoms with Gasteiger partial charge in [-0.1, -0.05) is 6.07 Å². The van der Waals surface area contributed by atoms with Crippen LogP contribution in [0, 0.1) is 9.39 Å². The van der Waals surface area contributed by atoms with E-state index in [9.17, 15) is 23.9 Å². The minimum atomic E-state index is -1.33. The van der Waals surface area contributed by atoms with E-state index in [1.807, 2.05) is 22.6 Å². The number of ketones is 1. The van der Waals surface area contributed by atoms with Gasteiger partial charge in [0.25, 0.3) is 0 Å². The molecular weight excluding hydrogens is 460 g/mol. The molecule has 3 aliphatic heterocycles. The lowest BCUT2D eigenvalue weighted by atomic mass is 9.78. The third-order valence-corrected chi connectivity index (χ3v) is 5.37. The van der Waals surface area contributed by atoms with Gasteiger partial charge < -0.3 is 14.6 Å². The molecule has 0 aliphatic carbocycles. The number of esters is 1. The molecule has 3 aliphatic rings. The van der Waals surface area contributed by atoms with Crippen LogP contribution in [0.5, 0.6) is 0 Å². The maximum absolute atomic E-state index is 13.7. The third-order valence-electron chi connectivity index (χ3n) is 4.54. The molecule has 1 N–H and O–H groups in total. The normalized spacial score (nSPS) is 22.4. The smallest absolute Gasteiger partial charge is 0.416 e. The molecule has 7 nitrogen and oxygen atoms in total. The first kappa shape index (κ1) is 17.2. The van der Waals surface area contributed by atoms with Crippen molar-refractivity contribution in [3.8, 4) is 0 Å². The number of ether oxygens (including phenoxy) is 2. The molecule has 1 aromatic rings. The number of benzene rings is 1. The number of Topliss-reactive ketones (excluding diaryl/α,β-unsaturated/α-hetero) is 1. The molecule has 0 fully saturated rings. The van der Waals surface area contributed by atoms with Gasteiger partial charge in [-0.3, -0.25) is 4.79 Å². The highest BCUT2D eigenvalue weighted by molar-refractivity contribution is 14.1. The van der Waals surface area contributed by atoms with Gasteiger partial charge in [-0.15, -0.1) is 0 Å². The maximum atomic E-state index is 13.7. The van der Waals surface area contributed by atoms with Gasteiger partial charge in [-0.05, 0) is 40.3 Å². The van der Waals surface area contributed by atoms with Crippen LogP contribution in [0.1, 0.15) is 11.5 Å². The lowest BCUT2D eigenvalue weighted by molar-refractivity contribution is -0.136. The van der Waals surface area contributed by atoms with Gasteiger partial charge in [-0.25, -0.2) is 18.9 Å². The molecule has 134 valence electrons. The number of carbonyl (C=O) groups excluding carboxylic acids is 2. The van der Waals surface area contributed by atoms with Crippen molar-refractivity contribution in [1.82, 2.24) is 4.90 Å². The number of carboxylic acid groups (broad SMARTS) is 1. The summed E-state index contributed by atoms with van der Waals surface area (Å²) in [5.74, 6) is -2.32. The van der Waals surface area contributed by atoms with Crippen molar-refractivity contribution in [3.63, 3.8) is 0 Å². The molecule has 26 heavy (non-hydrogen) atoms. The number of hydrogen-bond acceptors (Lipinski definition) is 5. The molecule has 9 heteroatoms. The second-order valence-corrected chi connectivity index (χ2v) is 7.10. The summed E-state index contributed by atoms with van der Waals surface area (Å²) in [5, 5.41) is 9.61. The highest BCUT2D eigenvalue weighted by Gasteiger charge is 2.48. The van der Waals surface area contributed by atoms with Gasteiger partial charge in [0.05, 0.1) is 23.6 Å². The Morgan fingerprint density at radius 3 is 2.62 bits per heavy atom. The molecule has 0 saturated carbocycles. The first-order chi connectivity index (χ1) is 12.4. The van der Waals surface area contributed by atoms with Crippen molar-refractivity contribution < 1.29 is 33.4 Å². The molecule has 1 aromatic carbocycles. The maximum Gasteiger partial charge on any atom is 0.416 e. The van der Waals surface area contributed by atoms with E-state index in [1.54, 1.807) is 6.07 Å². The van der Waals surface area contributed by atoms with Crippen molar-refractivity contribution in [2.75, 3.05) is 19.8 Å². The molecule has 0 aromatic heterocycles. The van der Waals surface area contributed by atoms with E-state index in [-0.39, 0.29) is 42.4 Å². The summed E-state index contributed by atoms with van der Waals surface area (Å²) in [6.45, 7) is -0.494. The molecular formula is C17H11FINO6. The highest BCUT2D eigenvalue weighted by atomic mass is 127. The Labute approximate surface area is 160 Å². The van der Waals surface area contributed by atoms with E-state index < -0.39 is 29.6 Å². The second kappa shape index (κ2) is 6.16. The molecule has 0 bridgehead atoms. The molecule has 1 atom stereocenters. The minimum absolute atomic E-state index is 0.0763. The summed E-state index contributed by atoms with van der Waals surface area (Å²) in [6.07, 6.45) is -1.33. The van der Waals surface area contributed by atoms with Crippen LogP contribution in [0.15, 0.2) is 40.7 Å². The van der Waals surface area contributed by atoms with Crippen LogP contribution in [0.3, 0.4) is 0 Å². The fourth-order valence-corrected chi connectivity index (χ4v) is 4.05.